The molecule has 2 aliphatic heterocycles. The smallest absolute Gasteiger partial charge is 0.196 e. The number of Topliss-reactive ketones (excluding diaryl/α,β-unsaturated/α-hetero) is 1. The topological polar surface area (TPSA) is 20.9 Å². The lowest BCUT2D eigenvalue weighted by Crippen LogP contribution is -2.64. The first-order valence-electron chi connectivity index (χ1n) is 7.87. The van der Waals surface area contributed by atoms with Gasteiger partial charge in [-0.25, -0.2) is 0 Å². The number of fused-ring (bicyclic) bond motifs is 1. The minimum Gasteiger partial charge on any atom is -0.297 e. The summed E-state index contributed by atoms with van der Waals surface area (Å²) in [6, 6.07) is 14.9. The SMILES string of the molecule is CCC1(CC)C(=O)[C@H]2c3ccccc3[C@@H]1[n+]1ccccc12. The van der Waals surface area contributed by atoms with Crippen molar-refractivity contribution >= 4 is 5.78 Å². The Morgan fingerprint density at radius 3 is 2.38 bits per heavy atom. The fourth-order valence-corrected chi connectivity index (χ4v) is 4.53. The van der Waals surface area contributed by atoms with Gasteiger partial charge in [0.25, 0.3) is 0 Å². The van der Waals surface area contributed by atoms with Gasteiger partial charge in [-0.2, -0.15) is 4.57 Å². The first-order valence-corrected chi connectivity index (χ1v) is 7.87. The third kappa shape index (κ3) is 1.38. The average Bonchev–Trinajstić information content (AvgIpc) is 2.55. The minimum absolute atomic E-state index is 0.0905. The maximum absolute atomic E-state index is 13.3. The Morgan fingerprint density at radius 1 is 1.00 bits per heavy atom. The van der Waals surface area contributed by atoms with Crippen LogP contribution in [0.25, 0.3) is 0 Å². The number of pyridine rings is 1. The summed E-state index contributed by atoms with van der Waals surface area (Å²) in [6.45, 7) is 4.32. The van der Waals surface area contributed by atoms with Gasteiger partial charge >= 0.3 is 0 Å². The molecule has 2 nitrogen and oxygen atoms in total. The fraction of sp³-hybridized carbons (Fsp3) is 0.368. The number of hydrogen-bond donors (Lipinski definition) is 0. The highest BCUT2D eigenvalue weighted by atomic mass is 16.1. The van der Waals surface area contributed by atoms with Crippen molar-refractivity contribution in [3.8, 4) is 0 Å². The summed E-state index contributed by atoms with van der Waals surface area (Å²) in [6.07, 6.45) is 3.95. The molecule has 2 aromatic rings. The summed E-state index contributed by atoms with van der Waals surface area (Å²) < 4.78 is 2.35. The zero-order valence-electron chi connectivity index (χ0n) is 12.5. The molecule has 2 heteroatoms. The van der Waals surface area contributed by atoms with E-state index < -0.39 is 0 Å². The molecule has 21 heavy (non-hydrogen) atoms. The van der Waals surface area contributed by atoms with Crippen LogP contribution >= 0.6 is 0 Å². The van der Waals surface area contributed by atoms with Gasteiger partial charge in [0.05, 0.1) is 5.41 Å². The van der Waals surface area contributed by atoms with Gasteiger partial charge in [-0.3, -0.25) is 4.79 Å². The Balaban J connectivity index is 2.10. The summed E-state index contributed by atoms with van der Waals surface area (Å²) in [5, 5.41) is 0. The lowest BCUT2D eigenvalue weighted by molar-refractivity contribution is -0.738. The zero-order chi connectivity index (χ0) is 14.6. The molecule has 1 aromatic heterocycles. The van der Waals surface area contributed by atoms with E-state index in [1.54, 1.807) is 0 Å². The molecular formula is C19H20NO+. The summed E-state index contributed by atoms with van der Waals surface area (Å²) in [5.74, 6) is 0.328. The molecule has 0 fully saturated rings. The largest absolute Gasteiger partial charge is 0.297 e. The molecule has 0 amide bonds. The Labute approximate surface area is 125 Å². The number of ketones is 1. The second-order valence-corrected chi connectivity index (χ2v) is 6.22. The van der Waals surface area contributed by atoms with Crippen LogP contribution < -0.4 is 4.57 Å². The van der Waals surface area contributed by atoms with Gasteiger partial charge in [0.2, 0.25) is 0 Å². The number of hydrogen-bond acceptors (Lipinski definition) is 1. The Morgan fingerprint density at radius 2 is 1.67 bits per heavy atom. The number of aromatic nitrogens is 1. The second-order valence-electron chi connectivity index (χ2n) is 6.22. The van der Waals surface area contributed by atoms with Crippen molar-refractivity contribution in [2.24, 2.45) is 5.41 Å². The molecule has 0 N–H and O–H groups in total. The van der Waals surface area contributed by atoms with Crippen LogP contribution in [0.4, 0.5) is 0 Å². The van der Waals surface area contributed by atoms with Crippen LogP contribution in [-0.4, -0.2) is 5.78 Å². The monoisotopic (exact) mass is 278 g/mol. The van der Waals surface area contributed by atoms with Crippen molar-refractivity contribution in [2.75, 3.05) is 0 Å². The Hall–Kier alpha value is -1.96. The van der Waals surface area contributed by atoms with Crippen molar-refractivity contribution in [2.45, 2.75) is 38.6 Å². The fourth-order valence-electron chi connectivity index (χ4n) is 4.53. The predicted molar refractivity (Wildman–Crippen MR) is 81.1 cm³/mol. The highest BCUT2D eigenvalue weighted by Crippen LogP contribution is 2.54. The van der Waals surface area contributed by atoms with E-state index in [1.165, 1.54) is 11.1 Å². The first kappa shape index (κ1) is 12.8. The molecule has 1 aromatic carbocycles. The molecule has 2 bridgehead atoms. The third-order valence-corrected chi connectivity index (χ3v) is 5.64. The highest BCUT2D eigenvalue weighted by molar-refractivity contribution is 5.96. The number of carbonyl (C=O) groups is 1. The quantitative estimate of drug-likeness (QED) is 0.771. The third-order valence-electron chi connectivity index (χ3n) is 5.64. The molecule has 106 valence electrons. The Kier molecular flexibility index (Phi) is 2.59. The van der Waals surface area contributed by atoms with Gasteiger partial charge in [-0.1, -0.05) is 44.2 Å². The van der Waals surface area contributed by atoms with Crippen LogP contribution in [0.5, 0.6) is 0 Å². The maximum Gasteiger partial charge on any atom is 0.196 e. The molecule has 0 radical (unpaired) electrons. The van der Waals surface area contributed by atoms with Crippen molar-refractivity contribution in [1.29, 1.82) is 0 Å². The van der Waals surface area contributed by atoms with Crippen LogP contribution in [0.2, 0.25) is 0 Å². The van der Waals surface area contributed by atoms with E-state index in [0.717, 1.165) is 18.5 Å². The van der Waals surface area contributed by atoms with E-state index in [1.807, 2.05) is 6.07 Å². The number of carbonyl (C=O) groups excluding carboxylic acids is 1. The minimum atomic E-state index is -0.252. The van der Waals surface area contributed by atoms with E-state index in [4.69, 9.17) is 0 Å². The molecule has 0 saturated heterocycles. The van der Waals surface area contributed by atoms with Gasteiger partial charge in [-0.05, 0) is 18.4 Å². The van der Waals surface area contributed by atoms with Gasteiger partial charge < -0.3 is 0 Å². The Bertz CT molecular complexity index is 682. The lowest BCUT2D eigenvalue weighted by atomic mass is 9.57. The van der Waals surface area contributed by atoms with E-state index >= 15 is 0 Å². The molecule has 3 heterocycles. The van der Waals surface area contributed by atoms with E-state index in [9.17, 15) is 4.79 Å². The van der Waals surface area contributed by atoms with Gasteiger partial charge in [0.15, 0.2) is 23.7 Å². The van der Waals surface area contributed by atoms with Crippen LogP contribution in [-0.2, 0) is 4.79 Å². The van der Waals surface area contributed by atoms with Crippen LogP contribution in [0.1, 0.15) is 55.5 Å². The molecule has 0 unspecified atom stereocenters. The number of nitrogens with zero attached hydrogens (tertiary/aromatic N) is 1. The molecule has 1 aliphatic carbocycles. The predicted octanol–water partition coefficient (Wildman–Crippen LogP) is 3.40. The normalized spacial score (nSPS) is 24.6. The van der Waals surface area contributed by atoms with Crippen molar-refractivity contribution < 1.29 is 9.36 Å². The average molecular weight is 278 g/mol. The van der Waals surface area contributed by atoms with Gasteiger partial charge in [0, 0.05) is 17.7 Å². The van der Waals surface area contributed by atoms with E-state index in [2.05, 4.69) is 61.0 Å². The standard InChI is InChI=1S/C19H20NO/c1-3-19(4-2)17-14-10-6-5-9-13(14)16(18(19)21)15-11-7-8-12-20(15)17/h5-12,16-17H,3-4H2,1-2H3/q+1/t16-,17-/m0/s1. The highest BCUT2D eigenvalue weighted by Gasteiger charge is 2.62. The first-order chi connectivity index (χ1) is 10.2. The summed E-state index contributed by atoms with van der Waals surface area (Å²) >= 11 is 0. The van der Waals surface area contributed by atoms with Gasteiger partial charge in [0.1, 0.15) is 5.92 Å². The summed E-state index contributed by atoms with van der Waals surface area (Å²) in [5.41, 5.74) is 3.47. The van der Waals surface area contributed by atoms with Crippen LogP contribution in [0.15, 0.2) is 48.7 Å². The summed E-state index contributed by atoms with van der Waals surface area (Å²) in [4.78, 5) is 13.3. The molecule has 0 spiro atoms. The number of benzene rings is 1. The zero-order valence-corrected chi connectivity index (χ0v) is 12.5. The lowest BCUT2D eigenvalue weighted by Gasteiger charge is -2.46. The molecule has 3 aliphatic rings. The maximum atomic E-state index is 13.3. The van der Waals surface area contributed by atoms with Gasteiger partial charge in [-0.15, -0.1) is 0 Å². The molecule has 5 rings (SSSR count). The van der Waals surface area contributed by atoms with Crippen molar-refractivity contribution in [3.05, 3.63) is 65.5 Å². The van der Waals surface area contributed by atoms with Crippen LogP contribution in [0.3, 0.4) is 0 Å². The molecule has 0 saturated carbocycles. The molecular weight excluding hydrogens is 258 g/mol. The van der Waals surface area contributed by atoms with E-state index in [0.29, 0.717) is 5.78 Å². The van der Waals surface area contributed by atoms with Crippen LogP contribution in [0, 0.1) is 5.41 Å². The van der Waals surface area contributed by atoms with E-state index in [-0.39, 0.29) is 17.4 Å². The second kappa shape index (κ2) is 4.27. The van der Waals surface area contributed by atoms with Crippen molar-refractivity contribution in [3.63, 3.8) is 0 Å². The summed E-state index contributed by atoms with van der Waals surface area (Å²) in [7, 11) is 0. The molecule has 2 atom stereocenters. The number of rotatable bonds is 2. The van der Waals surface area contributed by atoms with Crippen molar-refractivity contribution in [1.82, 2.24) is 0 Å².